The number of H-pyrrole nitrogens is 1. The Balaban J connectivity index is 1.09. The van der Waals surface area contributed by atoms with E-state index in [1.165, 1.54) is 17.6 Å². The van der Waals surface area contributed by atoms with Gasteiger partial charge in [-0.15, -0.1) is 0 Å². The average molecular weight is 582 g/mol. The lowest BCUT2D eigenvalue weighted by atomic mass is 9.82. The molecule has 2 aliphatic rings. The van der Waals surface area contributed by atoms with Crippen LogP contribution in [0.1, 0.15) is 48.5 Å². The quantitative estimate of drug-likeness (QED) is 0.292. The molecule has 1 amide bonds. The molecule has 1 aliphatic carbocycles. The third-order valence-corrected chi connectivity index (χ3v) is 8.09. The van der Waals surface area contributed by atoms with Gasteiger partial charge in [-0.2, -0.15) is 13.2 Å². The average Bonchev–Trinajstić information content (AvgIpc) is 3.32. The molecule has 3 aromatic heterocycles. The second-order valence-corrected chi connectivity index (χ2v) is 11.2. The summed E-state index contributed by atoms with van der Waals surface area (Å²) in [5.74, 6) is -0.0158. The highest BCUT2D eigenvalue weighted by Gasteiger charge is 2.34. The minimum atomic E-state index is -4.49. The molecule has 0 bridgehead atoms. The van der Waals surface area contributed by atoms with Crippen LogP contribution in [0.5, 0.6) is 0 Å². The molecule has 1 N–H and O–H groups in total. The predicted octanol–water partition coefficient (Wildman–Crippen LogP) is 5.08. The van der Waals surface area contributed by atoms with Crippen molar-refractivity contribution in [3.63, 3.8) is 0 Å². The first-order valence-corrected chi connectivity index (χ1v) is 14.2. The Kier molecular flexibility index (Phi) is 7.89. The van der Waals surface area contributed by atoms with Gasteiger partial charge in [0.2, 0.25) is 5.91 Å². The summed E-state index contributed by atoms with van der Waals surface area (Å²) in [6, 6.07) is 9.42. The van der Waals surface area contributed by atoms with Crippen LogP contribution in [-0.4, -0.2) is 73.0 Å². The lowest BCUT2D eigenvalue weighted by molar-refractivity contribution is -0.162. The van der Waals surface area contributed by atoms with Crippen molar-refractivity contribution < 1.29 is 22.4 Å². The first-order valence-electron chi connectivity index (χ1n) is 14.2. The molecule has 1 saturated heterocycles. The molecule has 1 aliphatic heterocycles. The van der Waals surface area contributed by atoms with Gasteiger partial charge in [0, 0.05) is 56.6 Å². The van der Waals surface area contributed by atoms with Crippen molar-refractivity contribution in [1.29, 1.82) is 0 Å². The number of aromatic nitrogens is 5. The van der Waals surface area contributed by atoms with Gasteiger partial charge >= 0.3 is 6.18 Å². The molecule has 0 radical (unpaired) electrons. The number of benzene rings is 1. The normalized spacial score (nSPS) is 16.6. The van der Waals surface area contributed by atoms with Crippen LogP contribution >= 0.6 is 0 Å². The molecule has 4 aromatic rings. The van der Waals surface area contributed by atoms with Gasteiger partial charge in [-0.1, -0.05) is 25.3 Å². The summed E-state index contributed by atoms with van der Waals surface area (Å²) < 4.78 is 52.9. The van der Waals surface area contributed by atoms with E-state index < -0.39 is 18.5 Å². The maximum absolute atomic E-state index is 15.3. The van der Waals surface area contributed by atoms with E-state index in [0.717, 1.165) is 41.0 Å². The fourth-order valence-corrected chi connectivity index (χ4v) is 5.61. The number of fused-ring (bicyclic) bond motifs is 1. The van der Waals surface area contributed by atoms with Gasteiger partial charge < -0.3 is 9.88 Å². The van der Waals surface area contributed by atoms with E-state index >= 15 is 4.39 Å². The number of aromatic amines is 1. The monoisotopic (exact) mass is 581 g/mol. The maximum Gasteiger partial charge on any atom is 0.397 e. The third kappa shape index (κ3) is 6.59. The van der Waals surface area contributed by atoms with Crippen LogP contribution in [0.3, 0.4) is 0 Å². The van der Waals surface area contributed by atoms with Crippen LogP contribution in [-0.2, 0) is 24.2 Å². The highest BCUT2D eigenvalue weighted by atomic mass is 19.4. The van der Waals surface area contributed by atoms with Crippen molar-refractivity contribution in [1.82, 2.24) is 34.7 Å². The van der Waals surface area contributed by atoms with E-state index in [0.29, 0.717) is 49.7 Å². The number of rotatable bonds is 8. The van der Waals surface area contributed by atoms with Gasteiger partial charge in [0.15, 0.2) is 5.82 Å². The number of carbonyl (C=O) groups excluding carboxylic acids is 1. The molecule has 0 unspecified atom stereocenters. The van der Waals surface area contributed by atoms with Crippen LogP contribution in [0.15, 0.2) is 42.9 Å². The van der Waals surface area contributed by atoms with E-state index in [1.54, 1.807) is 6.20 Å². The van der Waals surface area contributed by atoms with Gasteiger partial charge in [0.05, 0.1) is 16.7 Å². The Morgan fingerprint density at radius 1 is 1.02 bits per heavy atom. The summed E-state index contributed by atoms with van der Waals surface area (Å²) in [7, 11) is 0. The molecule has 12 heteroatoms. The zero-order chi connectivity index (χ0) is 29.3. The molecular weight excluding hydrogens is 550 g/mol. The Morgan fingerprint density at radius 3 is 2.57 bits per heavy atom. The maximum atomic E-state index is 15.3. The lowest BCUT2D eigenvalue weighted by Crippen LogP contribution is -2.49. The molecule has 2 fully saturated rings. The van der Waals surface area contributed by atoms with Gasteiger partial charge in [-0.3, -0.25) is 14.7 Å². The molecule has 8 nitrogen and oxygen atoms in total. The van der Waals surface area contributed by atoms with E-state index in [2.05, 4.69) is 29.8 Å². The number of halogens is 4. The van der Waals surface area contributed by atoms with Crippen LogP contribution in [0.2, 0.25) is 0 Å². The first kappa shape index (κ1) is 28.2. The number of amides is 1. The summed E-state index contributed by atoms with van der Waals surface area (Å²) >= 11 is 0. The SMILES string of the molecule is O=C(CC(F)(F)F)N1CCN(Cc2ccnc(Cc3nc4ccc(-c5ncnc(CC6CCC6)c5F)cc4[nH]3)c2)CC1. The number of alkyl halides is 3. The van der Waals surface area contributed by atoms with Crippen molar-refractivity contribution in [2.75, 3.05) is 26.2 Å². The molecule has 42 heavy (non-hydrogen) atoms. The number of pyridine rings is 1. The molecule has 0 spiro atoms. The van der Waals surface area contributed by atoms with E-state index in [-0.39, 0.29) is 24.6 Å². The van der Waals surface area contributed by atoms with Crippen molar-refractivity contribution in [2.45, 2.75) is 51.2 Å². The van der Waals surface area contributed by atoms with Crippen LogP contribution < -0.4 is 0 Å². The Bertz CT molecular complexity index is 1580. The van der Waals surface area contributed by atoms with E-state index in [9.17, 15) is 18.0 Å². The highest BCUT2D eigenvalue weighted by Crippen LogP contribution is 2.32. The fourth-order valence-electron chi connectivity index (χ4n) is 5.61. The number of hydrogen-bond donors (Lipinski definition) is 1. The molecule has 6 rings (SSSR count). The molecular formula is C30H31F4N7O. The van der Waals surface area contributed by atoms with Crippen molar-refractivity contribution in [3.05, 3.63) is 71.4 Å². The van der Waals surface area contributed by atoms with Gasteiger partial charge in [-0.05, 0) is 42.2 Å². The number of hydrogen-bond acceptors (Lipinski definition) is 6. The van der Waals surface area contributed by atoms with Crippen molar-refractivity contribution in [3.8, 4) is 11.3 Å². The second kappa shape index (κ2) is 11.7. The molecule has 0 atom stereocenters. The summed E-state index contributed by atoms with van der Waals surface area (Å²) in [6.45, 7) is 2.15. The minimum absolute atomic E-state index is 0.272. The van der Waals surface area contributed by atoms with Gasteiger partial charge in [-0.25, -0.2) is 19.3 Å². The van der Waals surface area contributed by atoms with E-state index in [1.807, 2.05) is 30.3 Å². The van der Waals surface area contributed by atoms with Crippen LogP contribution in [0.4, 0.5) is 17.6 Å². The predicted molar refractivity (Wildman–Crippen MR) is 148 cm³/mol. The molecule has 1 aromatic carbocycles. The number of imidazole rings is 1. The zero-order valence-corrected chi connectivity index (χ0v) is 23.0. The largest absolute Gasteiger partial charge is 0.397 e. The van der Waals surface area contributed by atoms with Gasteiger partial charge in [0.1, 0.15) is 24.3 Å². The Labute approximate surface area is 240 Å². The number of nitrogens with one attached hydrogen (secondary N) is 1. The number of piperazine rings is 1. The first-order chi connectivity index (χ1) is 20.2. The summed E-state index contributed by atoms with van der Waals surface area (Å²) in [5.41, 5.74) is 4.78. The topological polar surface area (TPSA) is 90.9 Å². The smallest absolute Gasteiger partial charge is 0.342 e. The fraction of sp³-hybridized carbons (Fsp3) is 0.433. The summed E-state index contributed by atoms with van der Waals surface area (Å²) in [4.78, 5) is 36.2. The van der Waals surface area contributed by atoms with E-state index in [4.69, 9.17) is 0 Å². The van der Waals surface area contributed by atoms with Crippen molar-refractivity contribution in [2.24, 2.45) is 5.92 Å². The summed E-state index contributed by atoms with van der Waals surface area (Å²) in [6.07, 6.45) is 1.79. The minimum Gasteiger partial charge on any atom is -0.342 e. The lowest BCUT2D eigenvalue weighted by Gasteiger charge is -2.35. The Morgan fingerprint density at radius 2 is 1.83 bits per heavy atom. The standard InChI is InChI=1S/C30H31F4N7O/c31-28-25(13-19-2-1-3-19)36-18-37-29(28)21-4-5-23-24(14-21)39-26(38-23)15-22-12-20(6-7-35-22)17-40-8-10-41(11-9-40)27(42)16-30(32,33)34/h4-7,12,14,18-19H,1-3,8-11,13,15-17H2,(H,38,39). The second-order valence-electron chi connectivity index (χ2n) is 11.2. The third-order valence-electron chi connectivity index (χ3n) is 8.09. The number of carbonyl (C=O) groups is 1. The van der Waals surface area contributed by atoms with Crippen LogP contribution in [0.25, 0.3) is 22.3 Å². The van der Waals surface area contributed by atoms with Gasteiger partial charge in [0.25, 0.3) is 0 Å². The highest BCUT2D eigenvalue weighted by molar-refractivity contribution is 5.81. The van der Waals surface area contributed by atoms with Crippen LogP contribution in [0, 0.1) is 11.7 Å². The molecule has 220 valence electrons. The molecule has 4 heterocycles. The zero-order valence-electron chi connectivity index (χ0n) is 23.0. The Hall–Kier alpha value is -3.93. The number of nitrogens with zero attached hydrogens (tertiary/aromatic N) is 6. The molecule has 1 saturated carbocycles. The van der Waals surface area contributed by atoms with Crippen molar-refractivity contribution >= 4 is 16.9 Å². The summed E-state index contributed by atoms with van der Waals surface area (Å²) in [5, 5.41) is 0.